The maximum atomic E-state index is 10.2. The van der Waals surface area contributed by atoms with E-state index in [4.69, 9.17) is 0 Å². The molecule has 8 nitrogen and oxygen atoms in total. The first kappa shape index (κ1) is 10.1. The zero-order valence-corrected chi connectivity index (χ0v) is 7.81. The second kappa shape index (κ2) is 3.65. The molecule has 1 aliphatic carbocycles. The van der Waals surface area contributed by atoms with Crippen molar-refractivity contribution in [2.45, 2.75) is 12.2 Å². The van der Waals surface area contributed by atoms with Gasteiger partial charge in [0.1, 0.15) is 0 Å². The second-order valence-electron chi connectivity index (χ2n) is 3.13. The van der Waals surface area contributed by atoms with Crippen LogP contribution in [-0.4, -0.2) is 10.2 Å². The van der Waals surface area contributed by atoms with E-state index >= 15 is 0 Å². The molecule has 84 valence electrons. The van der Waals surface area contributed by atoms with Crippen molar-refractivity contribution < 1.29 is 19.8 Å². The minimum absolute atomic E-state index is 0.533. The van der Waals surface area contributed by atoms with Crippen LogP contribution in [0.3, 0.4) is 0 Å². The minimum atomic E-state index is -1.03. The maximum Gasteiger partial charge on any atom is 0.295 e. The molecular formula is C8H6N2O6. The van der Waals surface area contributed by atoms with Gasteiger partial charge in [-0.05, 0) is 11.1 Å². The van der Waals surface area contributed by atoms with Crippen molar-refractivity contribution in [2.24, 2.45) is 0 Å². The molecule has 0 amide bonds. The first-order valence-electron chi connectivity index (χ1n) is 4.30. The van der Waals surface area contributed by atoms with Crippen LogP contribution in [-0.2, 0) is 9.68 Å². The Hall–Kier alpha value is -2.38. The number of benzene rings is 1. The summed E-state index contributed by atoms with van der Waals surface area (Å²) >= 11 is 0. The lowest BCUT2D eigenvalue weighted by molar-refractivity contribution is -0.806. The first-order chi connectivity index (χ1) is 7.59. The smallest absolute Gasteiger partial charge is 0.295 e. The number of hydrogen-bond donors (Lipinski definition) is 0. The van der Waals surface area contributed by atoms with E-state index in [1.54, 1.807) is 24.3 Å². The van der Waals surface area contributed by atoms with Gasteiger partial charge in [0, 0.05) is 0 Å². The molecule has 16 heavy (non-hydrogen) atoms. The fourth-order valence-electron chi connectivity index (χ4n) is 1.67. The van der Waals surface area contributed by atoms with Gasteiger partial charge >= 0.3 is 0 Å². The fourth-order valence-corrected chi connectivity index (χ4v) is 1.67. The zero-order valence-electron chi connectivity index (χ0n) is 7.81. The average molecular weight is 226 g/mol. The van der Waals surface area contributed by atoms with Crippen molar-refractivity contribution in [3.8, 4) is 0 Å². The predicted octanol–water partition coefficient (Wildman–Crippen LogP) is 1.20. The highest BCUT2D eigenvalue weighted by Crippen LogP contribution is 2.47. The van der Waals surface area contributed by atoms with E-state index in [1.807, 2.05) is 0 Å². The van der Waals surface area contributed by atoms with Gasteiger partial charge in [0.05, 0.1) is 0 Å². The molecule has 0 radical (unpaired) electrons. The summed E-state index contributed by atoms with van der Waals surface area (Å²) in [5, 5.41) is 18.4. The van der Waals surface area contributed by atoms with Crippen LogP contribution >= 0.6 is 0 Å². The third-order valence-corrected chi connectivity index (χ3v) is 2.28. The third kappa shape index (κ3) is 1.60. The van der Waals surface area contributed by atoms with Crippen LogP contribution in [0.1, 0.15) is 23.3 Å². The molecule has 1 aromatic carbocycles. The number of rotatable bonds is 4. The summed E-state index contributed by atoms with van der Waals surface area (Å²) in [6, 6.07) is 6.53. The van der Waals surface area contributed by atoms with Gasteiger partial charge in [-0.3, -0.25) is 0 Å². The number of fused-ring (bicyclic) bond motifs is 1. The predicted molar refractivity (Wildman–Crippen MR) is 48.1 cm³/mol. The summed E-state index contributed by atoms with van der Waals surface area (Å²) < 4.78 is 0. The molecule has 0 bridgehead atoms. The van der Waals surface area contributed by atoms with E-state index in [0.717, 1.165) is 0 Å². The van der Waals surface area contributed by atoms with Crippen LogP contribution in [0, 0.1) is 20.2 Å². The van der Waals surface area contributed by atoms with Gasteiger partial charge in [-0.2, -0.15) is 0 Å². The van der Waals surface area contributed by atoms with Crippen LogP contribution in [0.5, 0.6) is 0 Å². The number of nitrogens with zero attached hydrogens (tertiary/aromatic N) is 2. The molecular weight excluding hydrogens is 220 g/mol. The topological polar surface area (TPSA) is 105 Å². The maximum absolute atomic E-state index is 10.2. The van der Waals surface area contributed by atoms with Crippen LogP contribution in [0.25, 0.3) is 0 Å². The van der Waals surface area contributed by atoms with E-state index in [0.29, 0.717) is 11.1 Å². The lowest BCUT2D eigenvalue weighted by atomic mass is 9.82. The highest BCUT2D eigenvalue weighted by atomic mass is 17.0. The summed E-state index contributed by atoms with van der Waals surface area (Å²) in [5.74, 6) is 0. The molecule has 0 heterocycles. The van der Waals surface area contributed by atoms with Crippen LogP contribution < -0.4 is 0 Å². The van der Waals surface area contributed by atoms with Crippen molar-refractivity contribution in [3.63, 3.8) is 0 Å². The normalized spacial score (nSPS) is 21.5. The Morgan fingerprint density at radius 3 is 1.62 bits per heavy atom. The van der Waals surface area contributed by atoms with Gasteiger partial charge in [0.15, 0.2) is 12.2 Å². The Morgan fingerprint density at radius 1 is 0.938 bits per heavy atom. The summed E-state index contributed by atoms with van der Waals surface area (Å²) in [7, 11) is 0. The molecule has 8 heteroatoms. The molecule has 0 aliphatic heterocycles. The van der Waals surface area contributed by atoms with Gasteiger partial charge in [-0.15, -0.1) is 20.2 Å². The summed E-state index contributed by atoms with van der Waals surface area (Å²) in [6.45, 7) is 0. The van der Waals surface area contributed by atoms with Crippen LogP contribution in [0.4, 0.5) is 0 Å². The molecule has 0 spiro atoms. The molecule has 0 aromatic heterocycles. The van der Waals surface area contributed by atoms with Gasteiger partial charge in [0.25, 0.3) is 10.2 Å². The fraction of sp³-hybridized carbons (Fsp3) is 0.250. The van der Waals surface area contributed by atoms with E-state index in [2.05, 4.69) is 9.68 Å². The van der Waals surface area contributed by atoms with Crippen molar-refractivity contribution >= 4 is 0 Å². The average Bonchev–Trinajstić information content (AvgIpc) is 2.23. The first-order valence-corrected chi connectivity index (χ1v) is 4.30. The molecule has 2 unspecified atom stereocenters. The second-order valence-corrected chi connectivity index (χ2v) is 3.13. The molecule has 2 rings (SSSR count). The highest BCUT2D eigenvalue weighted by Gasteiger charge is 2.43. The Balaban J connectivity index is 2.23. The summed E-state index contributed by atoms with van der Waals surface area (Å²) in [5.41, 5.74) is 1.07. The third-order valence-electron chi connectivity index (χ3n) is 2.28. The lowest BCUT2D eigenvalue weighted by Gasteiger charge is -2.35. The number of hydrogen-bond acceptors (Lipinski definition) is 6. The molecule has 1 aliphatic rings. The van der Waals surface area contributed by atoms with Crippen molar-refractivity contribution in [2.75, 3.05) is 0 Å². The summed E-state index contributed by atoms with van der Waals surface area (Å²) in [4.78, 5) is 29.0. The monoisotopic (exact) mass is 226 g/mol. The Kier molecular flexibility index (Phi) is 2.31. The molecule has 0 saturated carbocycles. The van der Waals surface area contributed by atoms with E-state index in [1.165, 1.54) is 0 Å². The molecule has 0 N–H and O–H groups in total. The Bertz CT molecular complexity index is 407. The quantitative estimate of drug-likeness (QED) is 0.564. The summed E-state index contributed by atoms with van der Waals surface area (Å²) in [6.07, 6.45) is -2.06. The molecule has 0 saturated heterocycles. The van der Waals surface area contributed by atoms with E-state index in [-0.39, 0.29) is 0 Å². The van der Waals surface area contributed by atoms with E-state index in [9.17, 15) is 20.2 Å². The van der Waals surface area contributed by atoms with Crippen LogP contribution in [0.2, 0.25) is 0 Å². The lowest BCUT2D eigenvalue weighted by Crippen LogP contribution is -2.31. The van der Waals surface area contributed by atoms with E-state index < -0.39 is 22.4 Å². The standard InChI is InChI=1S/C8H6N2O6/c11-9(12)15-7-5-3-1-2-4-6(5)8(7)16-10(13)14/h1-4,7-8H. The van der Waals surface area contributed by atoms with Crippen LogP contribution in [0.15, 0.2) is 24.3 Å². The Labute approximate surface area is 88.6 Å². The van der Waals surface area contributed by atoms with Crippen molar-refractivity contribution in [3.05, 3.63) is 55.6 Å². The molecule has 2 atom stereocenters. The molecule has 0 fully saturated rings. The highest BCUT2D eigenvalue weighted by molar-refractivity contribution is 5.41. The zero-order chi connectivity index (χ0) is 11.7. The van der Waals surface area contributed by atoms with Gasteiger partial charge < -0.3 is 9.68 Å². The molecule has 1 aromatic rings. The van der Waals surface area contributed by atoms with Crippen molar-refractivity contribution in [1.29, 1.82) is 0 Å². The Morgan fingerprint density at radius 2 is 1.31 bits per heavy atom. The van der Waals surface area contributed by atoms with Gasteiger partial charge in [-0.1, -0.05) is 24.3 Å². The SMILES string of the molecule is O=[N+]([O-])OC1c2ccccc2C1O[N+](=O)[O-]. The van der Waals surface area contributed by atoms with Crippen molar-refractivity contribution in [1.82, 2.24) is 0 Å². The van der Waals surface area contributed by atoms with Gasteiger partial charge in [-0.25, -0.2) is 0 Å². The minimum Gasteiger partial charge on any atom is -0.303 e. The van der Waals surface area contributed by atoms with Gasteiger partial charge in [0.2, 0.25) is 0 Å². The largest absolute Gasteiger partial charge is 0.303 e.